The van der Waals surface area contributed by atoms with Gasteiger partial charge >= 0.3 is 0 Å². The van der Waals surface area contributed by atoms with E-state index in [-0.39, 0.29) is 24.0 Å². The standard InChI is InChI=1S/C20H30N6S.HI/c1-14(2)13-26-18(24-25-20(26)27-3)8-5-11-22-19(21)23-17-10-9-15-6-4-7-16(15)12-17;/h9-10,12,14H,4-8,11,13H2,1-3H3,(H3,21,22,23);1H. The Hall–Kier alpha value is -1.29. The number of hydrogen-bond acceptors (Lipinski definition) is 4. The van der Waals surface area contributed by atoms with E-state index in [1.165, 1.54) is 24.0 Å². The molecule has 0 saturated carbocycles. The second kappa shape index (κ2) is 11.0. The van der Waals surface area contributed by atoms with Crippen molar-refractivity contribution in [2.24, 2.45) is 16.6 Å². The summed E-state index contributed by atoms with van der Waals surface area (Å²) in [6.07, 6.45) is 7.41. The molecule has 1 heterocycles. The minimum absolute atomic E-state index is 0. The molecule has 0 spiro atoms. The van der Waals surface area contributed by atoms with Crippen LogP contribution >= 0.6 is 35.7 Å². The first-order chi connectivity index (χ1) is 13.1. The summed E-state index contributed by atoms with van der Waals surface area (Å²) in [4.78, 5) is 4.47. The Balaban J connectivity index is 0.00000280. The summed E-state index contributed by atoms with van der Waals surface area (Å²) in [7, 11) is 0. The molecule has 3 rings (SSSR count). The van der Waals surface area contributed by atoms with Crippen LogP contribution < -0.4 is 11.1 Å². The van der Waals surface area contributed by atoms with Crippen LogP contribution in [0.25, 0.3) is 0 Å². The van der Waals surface area contributed by atoms with Crippen molar-refractivity contribution in [3.8, 4) is 0 Å². The van der Waals surface area contributed by atoms with Gasteiger partial charge in [-0.1, -0.05) is 31.7 Å². The number of rotatable bonds is 8. The first-order valence-corrected chi connectivity index (χ1v) is 10.9. The summed E-state index contributed by atoms with van der Waals surface area (Å²) in [5.74, 6) is 2.07. The maximum absolute atomic E-state index is 6.05. The number of aliphatic imine (C=N–C) groups is 1. The lowest BCUT2D eigenvalue weighted by atomic mass is 10.1. The Morgan fingerprint density at radius 1 is 1.29 bits per heavy atom. The molecule has 28 heavy (non-hydrogen) atoms. The van der Waals surface area contributed by atoms with Gasteiger partial charge in [-0.2, -0.15) is 0 Å². The first kappa shape index (κ1) is 23.0. The highest BCUT2D eigenvalue weighted by atomic mass is 127. The number of nitrogens with zero attached hydrogens (tertiary/aromatic N) is 4. The van der Waals surface area contributed by atoms with Crippen molar-refractivity contribution >= 4 is 47.4 Å². The minimum atomic E-state index is 0. The largest absolute Gasteiger partial charge is 0.370 e. The molecule has 1 aromatic carbocycles. The number of aryl methyl sites for hydroxylation is 3. The summed E-state index contributed by atoms with van der Waals surface area (Å²) < 4.78 is 2.23. The summed E-state index contributed by atoms with van der Waals surface area (Å²) in [6.45, 7) is 6.05. The lowest BCUT2D eigenvalue weighted by Gasteiger charge is -2.11. The minimum Gasteiger partial charge on any atom is -0.370 e. The van der Waals surface area contributed by atoms with Crippen molar-refractivity contribution in [3.05, 3.63) is 35.2 Å². The first-order valence-electron chi connectivity index (χ1n) is 9.71. The van der Waals surface area contributed by atoms with Crippen LogP contribution in [-0.2, 0) is 25.8 Å². The van der Waals surface area contributed by atoms with Gasteiger partial charge in [-0.3, -0.25) is 4.99 Å². The van der Waals surface area contributed by atoms with Gasteiger partial charge in [-0.25, -0.2) is 0 Å². The van der Waals surface area contributed by atoms with Crippen molar-refractivity contribution in [1.29, 1.82) is 0 Å². The number of benzene rings is 1. The molecule has 0 aliphatic heterocycles. The van der Waals surface area contributed by atoms with Crippen LogP contribution in [0.1, 0.15) is 43.6 Å². The van der Waals surface area contributed by atoms with Gasteiger partial charge in [0, 0.05) is 25.2 Å². The molecule has 0 atom stereocenters. The molecule has 0 bridgehead atoms. The molecule has 0 saturated heterocycles. The van der Waals surface area contributed by atoms with Crippen LogP contribution in [-0.4, -0.2) is 33.5 Å². The van der Waals surface area contributed by atoms with Crippen LogP contribution in [0, 0.1) is 5.92 Å². The van der Waals surface area contributed by atoms with E-state index in [9.17, 15) is 0 Å². The van der Waals surface area contributed by atoms with Gasteiger partial charge < -0.3 is 15.6 Å². The zero-order valence-electron chi connectivity index (χ0n) is 16.9. The van der Waals surface area contributed by atoms with E-state index < -0.39 is 0 Å². The van der Waals surface area contributed by atoms with E-state index in [0.717, 1.165) is 42.5 Å². The number of nitrogens with one attached hydrogen (secondary N) is 1. The fraction of sp³-hybridized carbons (Fsp3) is 0.550. The quantitative estimate of drug-likeness (QED) is 0.182. The highest BCUT2D eigenvalue weighted by Gasteiger charge is 2.13. The molecule has 0 fully saturated rings. The Labute approximate surface area is 189 Å². The van der Waals surface area contributed by atoms with E-state index in [1.807, 2.05) is 6.26 Å². The number of guanidine groups is 1. The van der Waals surface area contributed by atoms with E-state index in [4.69, 9.17) is 5.73 Å². The smallest absolute Gasteiger partial charge is 0.193 e. The molecular weight excluding hydrogens is 483 g/mol. The highest BCUT2D eigenvalue weighted by Crippen LogP contribution is 2.24. The fourth-order valence-corrected chi connectivity index (χ4v) is 4.00. The van der Waals surface area contributed by atoms with E-state index in [0.29, 0.717) is 18.4 Å². The number of fused-ring (bicyclic) bond motifs is 1. The number of anilines is 1. The van der Waals surface area contributed by atoms with Crippen LogP contribution in [0.15, 0.2) is 28.3 Å². The Bertz CT molecular complexity index is 802. The summed E-state index contributed by atoms with van der Waals surface area (Å²) in [5, 5.41) is 12.8. The topological polar surface area (TPSA) is 81.1 Å². The summed E-state index contributed by atoms with van der Waals surface area (Å²) in [5.41, 5.74) is 9.98. The van der Waals surface area contributed by atoms with Gasteiger partial charge in [0.05, 0.1) is 0 Å². The normalized spacial score (nSPS) is 13.5. The third-order valence-electron chi connectivity index (χ3n) is 4.74. The van der Waals surface area contributed by atoms with Gasteiger partial charge in [0.1, 0.15) is 5.82 Å². The lowest BCUT2D eigenvalue weighted by Crippen LogP contribution is -2.23. The molecule has 0 radical (unpaired) electrons. The number of thioether (sulfide) groups is 1. The molecule has 2 aromatic rings. The van der Waals surface area contributed by atoms with E-state index in [1.54, 1.807) is 11.8 Å². The maximum Gasteiger partial charge on any atom is 0.193 e. The fourth-order valence-electron chi connectivity index (χ4n) is 3.48. The molecule has 1 aliphatic rings. The van der Waals surface area contributed by atoms with Crippen LogP contribution in [0.4, 0.5) is 5.69 Å². The molecule has 0 unspecified atom stereocenters. The van der Waals surface area contributed by atoms with Crippen LogP contribution in [0.5, 0.6) is 0 Å². The molecule has 6 nitrogen and oxygen atoms in total. The van der Waals surface area contributed by atoms with Crippen molar-refractivity contribution in [2.45, 2.75) is 57.7 Å². The Morgan fingerprint density at radius 3 is 2.82 bits per heavy atom. The van der Waals surface area contributed by atoms with Crippen molar-refractivity contribution < 1.29 is 0 Å². The summed E-state index contributed by atoms with van der Waals surface area (Å²) >= 11 is 1.64. The molecule has 1 aliphatic carbocycles. The number of hydrogen-bond donors (Lipinski definition) is 2. The predicted molar refractivity (Wildman–Crippen MR) is 129 cm³/mol. The zero-order valence-corrected chi connectivity index (χ0v) is 20.1. The summed E-state index contributed by atoms with van der Waals surface area (Å²) in [6, 6.07) is 6.48. The third-order valence-corrected chi connectivity index (χ3v) is 5.40. The van der Waals surface area contributed by atoms with Gasteiger partial charge in [-0.15, -0.1) is 34.2 Å². The molecule has 0 amide bonds. The monoisotopic (exact) mass is 514 g/mol. The van der Waals surface area contributed by atoms with Crippen molar-refractivity contribution in [2.75, 3.05) is 18.1 Å². The number of aromatic nitrogens is 3. The average molecular weight is 514 g/mol. The highest BCUT2D eigenvalue weighted by molar-refractivity contribution is 14.0. The van der Waals surface area contributed by atoms with Crippen molar-refractivity contribution in [1.82, 2.24) is 14.8 Å². The second-order valence-corrected chi connectivity index (χ2v) is 8.21. The molecule has 8 heteroatoms. The lowest BCUT2D eigenvalue weighted by molar-refractivity contribution is 0.477. The molecule has 3 N–H and O–H groups in total. The van der Waals surface area contributed by atoms with Crippen molar-refractivity contribution in [3.63, 3.8) is 0 Å². The van der Waals surface area contributed by atoms with Gasteiger partial charge in [0.25, 0.3) is 0 Å². The average Bonchev–Trinajstić information content (AvgIpc) is 3.24. The Morgan fingerprint density at radius 2 is 2.07 bits per heavy atom. The third kappa shape index (κ3) is 6.10. The SMILES string of the molecule is CSc1nnc(CCCN=C(N)Nc2ccc3c(c2)CCC3)n1CC(C)C.I. The van der Waals surface area contributed by atoms with Gasteiger partial charge in [-0.05, 0) is 61.1 Å². The van der Waals surface area contributed by atoms with E-state index in [2.05, 4.69) is 57.1 Å². The maximum atomic E-state index is 6.05. The molecule has 154 valence electrons. The van der Waals surface area contributed by atoms with E-state index >= 15 is 0 Å². The van der Waals surface area contributed by atoms with Gasteiger partial charge in [0.2, 0.25) is 0 Å². The molecule has 1 aromatic heterocycles. The zero-order chi connectivity index (χ0) is 19.2. The Kier molecular flexibility index (Phi) is 9.07. The van der Waals surface area contributed by atoms with Crippen LogP contribution in [0.3, 0.4) is 0 Å². The predicted octanol–water partition coefficient (Wildman–Crippen LogP) is 4.12. The van der Waals surface area contributed by atoms with Crippen LogP contribution in [0.2, 0.25) is 0 Å². The number of nitrogens with two attached hydrogens (primary N) is 1. The molecular formula is C20H31IN6S. The number of halogens is 1. The van der Waals surface area contributed by atoms with Gasteiger partial charge in [0.15, 0.2) is 11.1 Å². The second-order valence-electron chi connectivity index (χ2n) is 7.44.